The monoisotopic (exact) mass is 370 g/mol. The van der Waals surface area contributed by atoms with E-state index in [4.69, 9.17) is 0 Å². The lowest BCUT2D eigenvalue weighted by Gasteiger charge is -2.10. The summed E-state index contributed by atoms with van der Waals surface area (Å²) >= 11 is 1.63. The normalized spacial score (nSPS) is 11.2. The molecule has 134 valence electrons. The van der Waals surface area contributed by atoms with Gasteiger partial charge in [0.05, 0.1) is 0 Å². The highest BCUT2D eigenvalue weighted by molar-refractivity contribution is 7.09. The zero-order valence-corrected chi connectivity index (χ0v) is 14.0. The molecular weight excluding hydrogens is 353 g/mol. The summed E-state index contributed by atoms with van der Waals surface area (Å²) in [6.45, 7) is -1.40. The lowest BCUT2D eigenvalue weighted by molar-refractivity contribution is -0.123. The number of amides is 2. The van der Waals surface area contributed by atoms with E-state index in [1.165, 1.54) is 23.1 Å². The van der Waals surface area contributed by atoms with Gasteiger partial charge in [0, 0.05) is 22.5 Å². The lowest BCUT2D eigenvalue weighted by Crippen LogP contribution is -2.33. The first-order valence-corrected chi connectivity index (χ1v) is 8.49. The third-order valence-corrected chi connectivity index (χ3v) is 4.20. The lowest BCUT2D eigenvalue weighted by atomic mass is 10.1. The van der Waals surface area contributed by atoms with Crippen molar-refractivity contribution in [3.8, 4) is 0 Å². The Morgan fingerprint density at radius 1 is 1.12 bits per heavy atom. The van der Waals surface area contributed by atoms with Crippen molar-refractivity contribution in [2.45, 2.75) is 25.4 Å². The predicted octanol–water partition coefficient (Wildman–Crippen LogP) is 4.00. The van der Waals surface area contributed by atoms with Crippen LogP contribution < -0.4 is 10.6 Å². The Balaban J connectivity index is 1.83. The van der Waals surface area contributed by atoms with E-state index >= 15 is 0 Å². The molecule has 2 aromatic rings. The Bertz CT molecular complexity index is 715. The smallest absolute Gasteiger partial charge is 0.343 e. The number of benzene rings is 1. The van der Waals surface area contributed by atoms with Gasteiger partial charge in [-0.2, -0.15) is 13.2 Å². The van der Waals surface area contributed by atoms with Crippen molar-refractivity contribution in [1.29, 1.82) is 0 Å². The van der Waals surface area contributed by atoms with Gasteiger partial charge >= 0.3 is 6.18 Å². The zero-order valence-electron chi connectivity index (χ0n) is 13.2. The van der Waals surface area contributed by atoms with Crippen LogP contribution in [0.2, 0.25) is 0 Å². The first kappa shape index (κ1) is 19.0. The van der Waals surface area contributed by atoms with E-state index < -0.39 is 18.6 Å². The van der Waals surface area contributed by atoms with E-state index in [0.717, 1.165) is 6.42 Å². The summed E-state index contributed by atoms with van der Waals surface area (Å²) in [5, 5.41) is 6.42. The molecule has 0 fully saturated rings. The van der Waals surface area contributed by atoms with Gasteiger partial charge in [0.2, 0.25) is 5.91 Å². The van der Waals surface area contributed by atoms with Crippen molar-refractivity contribution in [3.05, 3.63) is 52.2 Å². The highest BCUT2D eigenvalue weighted by atomic mass is 32.1. The summed E-state index contributed by atoms with van der Waals surface area (Å²) in [5.74, 6) is -1.05. The number of hydrogen-bond acceptors (Lipinski definition) is 3. The second kappa shape index (κ2) is 8.66. The Morgan fingerprint density at radius 3 is 2.60 bits per heavy atom. The fraction of sp³-hybridized carbons (Fsp3) is 0.294. The highest BCUT2D eigenvalue weighted by Gasteiger charge is 2.27. The number of alkyl halides is 3. The van der Waals surface area contributed by atoms with Gasteiger partial charge in [-0.05, 0) is 42.5 Å². The van der Waals surface area contributed by atoms with E-state index in [0.29, 0.717) is 18.5 Å². The van der Waals surface area contributed by atoms with Gasteiger partial charge in [0.15, 0.2) is 0 Å². The largest absolute Gasteiger partial charge is 0.405 e. The molecule has 0 unspecified atom stereocenters. The van der Waals surface area contributed by atoms with Crippen molar-refractivity contribution in [2.24, 2.45) is 0 Å². The molecule has 0 aliphatic carbocycles. The number of aryl methyl sites for hydroxylation is 1. The Kier molecular flexibility index (Phi) is 6.58. The minimum Gasteiger partial charge on any atom is -0.343 e. The molecule has 0 saturated carbocycles. The van der Waals surface area contributed by atoms with E-state index in [2.05, 4.69) is 5.32 Å². The van der Waals surface area contributed by atoms with Crippen molar-refractivity contribution >= 4 is 28.8 Å². The number of anilines is 1. The number of halogens is 3. The van der Waals surface area contributed by atoms with Gasteiger partial charge in [-0.15, -0.1) is 11.3 Å². The highest BCUT2D eigenvalue weighted by Crippen LogP contribution is 2.15. The molecule has 0 atom stereocenters. The third kappa shape index (κ3) is 6.96. The Morgan fingerprint density at radius 2 is 1.92 bits per heavy atom. The van der Waals surface area contributed by atoms with Crippen LogP contribution in [0.4, 0.5) is 18.9 Å². The van der Waals surface area contributed by atoms with Crippen LogP contribution in [0, 0.1) is 0 Å². The number of thiophene rings is 1. The zero-order chi connectivity index (χ0) is 18.3. The van der Waals surface area contributed by atoms with E-state index in [1.807, 2.05) is 17.5 Å². The molecular formula is C17H17F3N2O2S. The quantitative estimate of drug-likeness (QED) is 0.774. The minimum atomic E-state index is -4.47. The molecule has 0 bridgehead atoms. The van der Waals surface area contributed by atoms with Crippen molar-refractivity contribution < 1.29 is 22.8 Å². The molecule has 2 N–H and O–H groups in total. The standard InChI is InChI=1S/C17H17F3N2O2S/c18-17(19,20)11-21-16(24)12-4-1-5-13(10-12)22-15(23)8-2-6-14-7-3-9-25-14/h1,3-5,7,9-10H,2,6,8,11H2,(H,21,24)(H,22,23). The summed E-state index contributed by atoms with van der Waals surface area (Å²) in [4.78, 5) is 24.8. The Hall–Kier alpha value is -2.35. The molecule has 1 aromatic heterocycles. The van der Waals surface area contributed by atoms with Crippen LogP contribution in [0.15, 0.2) is 41.8 Å². The van der Waals surface area contributed by atoms with Crippen LogP contribution in [-0.4, -0.2) is 24.5 Å². The number of carbonyl (C=O) groups excluding carboxylic acids is 2. The average Bonchev–Trinajstić information content (AvgIpc) is 3.05. The molecule has 0 aliphatic heterocycles. The number of nitrogens with one attached hydrogen (secondary N) is 2. The van der Waals surface area contributed by atoms with Crippen LogP contribution in [0.25, 0.3) is 0 Å². The van der Waals surface area contributed by atoms with Crippen LogP contribution >= 0.6 is 11.3 Å². The van der Waals surface area contributed by atoms with Crippen LogP contribution in [0.3, 0.4) is 0 Å². The summed E-state index contributed by atoms with van der Waals surface area (Å²) < 4.78 is 36.4. The van der Waals surface area contributed by atoms with Gasteiger partial charge in [0.1, 0.15) is 6.54 Å². The van der Waals surface area contributed by atoms with Gasteiger partial charge in [-0.25, -0.2) is 0 Å². The molecule has 0 radical (unpaired) electrons. The third-order valence-electron chi connectivity index (χ3n) is 3.27. The minimum absolute atomic E-state index is 0.0561. The molecule has 2 rings (SSSR count). The molecule has 25 heavy (non-hydrogen) atoms. The summed E-state index contributed by atoms with van der Waals surface area (Å²) in [6.07, 6.45) is -2.64. The second-order valence-corrected chi connectivity index (χ2v) is 6.39. The summed E-state index contributed by atoms with van der Waals surface area (Å²) in [5.41, 5.74) is 0.432. The van der Waals surface area contributed by atoms with Crippen molar-refractivity contribution in [1.82, 2.24) is 5.32 Å². The maximum atomic E-state index is 12.1. The molecule has 1 aromatic carbocycles. The SMILES string of the molecule is O=C(CCCc1cccs1)Nc1cccc(C(=O)NCC(F)(F)F)c1. The molecule has 4 nitrogen and oxygen atoms in total. The summed E-state index contributed by atoms with van der Waals surface area (Å²) in [6, 6.07) is 9.78. The first-order chi connectivity index (χ1) is 11.8. The molecule has 0 aliphatic rings. The van der Waals surface area contributed by atoms with E-state index in [-0.39, 0.29) is 11.5 Å². The molecule has 2 amide bonds. The maximum Gasteiger partial charge on any atom is 0.405 e. The van der Waals surface area contributed by atoms with Crippen LogP contribution in [0.5, 0.6) is 0 Å². The fourth-order valence-corrected chi connectivity index (χ4v) is 2.87. The van der Waals surface area contributed by atoms with Crippen LogP contribution in [-0.2, 0) is 11.2 Å². The fourth-order valence-electron chi connectivity index (χ4n) is 2.12. The average molecular weight is 370 g/mol. The molecule has 0 saturated heterocycles. The van der Waals surface area contributed by atoms with E-state index in [1.54, 1.807) is 22.7 Å². The van der Waals surface area contributed by atoms with Crippen LogP contribution in [0.1, 0.15) is 28.1 Å². The number of hydrogen-bond donors (Lipinski definition) is 2. The second-order valence-electron chi connectivity index (χ2n) is 5.36. The van der Waals surface area contributed by atoms with Crippen molar-refractivity contribution in [3.63, 3.8) is 0 Å². The van der Waals surface area contributed by atoms with Gasteiger partial charge < -0.3 is 10.6 Å². The Labute approximate surface area is 147 Å². The number of rotatable bonds is 7. The van der Waals surface area contributed by atoms with Gasteiger partial charge in [-0.1, -0.05) is 12.1 Å². The summed E-state index contributed by atoms with van der Waals surface area (Å²) in [7, 11) is 0. The van der Waals surface area contributed by atoms with E-state index in [9.17, 15) is 22.8 Å². The first-order valence-electron chi connectivity index (χ1n) is 7.61. The molecule has 8 heteroatoms. The van der Waals surface area contributed by atoms with Gasteiger partial charge in [-0.3, -0.25) is 9.59 Å². The topological polar surface area (TPSA) is 58.2 Å². The van der Waals surface area contributed by atoms with Gasteiger partial charge in [0.25, 0.3) is 5.91 Å². The molecule has 0 spiro atoms. The maximum absolute atomic E-state index is 12.1. The van der Waals surface area contributed by atoms with Crippen molar-refractivity contribution in [2.75, 3.05) is 11.9 Å². The number of carbonyl (C=O) groups is 2. The predicted molar refractivity (Wildman–Crippen MR) is 90.7 cm³/mol. The molecule has 1 heterocycles.